The first-order valence-electron chi connectivity index (χ1n) is 15.0. The molecule has 0 saturated carbocycles. The smallest absolute Gasteiger partial charge is 0.165 e. The summed E-state index contributed by atoms with van der Waals surface area (Å²) in [6, 6.07) is 45.2. The molecule has 0 bridgehead atoms. The van der Waals surface area contributed by atoms with Gasteiger partial charge in [-0.1, -0.05) is 123 Å². The highest BCUT2D eigenvalue weighted by Gasteiger charge is 2.38. The van der Waals surface area contributed by atoms with Crippen LogP contribution in [0.5, 0.6) is 0 Å². The van der Waals surface area contributed by atoms with Crippen molar-refractivity contribution >= 4 is 42.3 Å². The van der Waals surface area contributed by atoms with Gasteiger partial charge in [-0.25, -0.2) is 15.0 Å². The van der Waals surface area contributed by atoms with Crippen LogP contribution in [0.2, 0.25) is 0 Å². The van der Waals surface area contributed by atoms with Gasteiger partial charge in [0, 0.05) is 42.3 Å². The molecule has 0 radical (unpaired) electrons. The molecule has 0 atom stereocenters. The molecular weight excluding hydrogens is 555 g/mol. The Hall–Kier alpha value is -5.19. The van der Waals surface area contributed by atoms with E-state index in [4.69, 9.17) is 15.0 Å². The molecule has 0 amide bonds. The third kappa shape index (κ3) is 3.71. The molecule has 0 fully saturated rings. The van der Waals surface area contributed by atoms with Crippen LogP contribution in [0.15, 0.2) is 127 Å². The number of rotatable bonds is 3. The maximum atomic E-state index is 5.29. The first-order valence-corrected chi connectivity index (χ1v) is 15.8. The van der Waals surface area contributed by atoms with Crippen molar-refractivity contribution in [3.63, 3.8) is 0 Å². The van der Waals surface area contributed by atoms with Gasteiger partial charge in [-0.2, -0.15) is 0 Å². The fourth-order valence-corrected chi connectivity index (χ4v) is 8.09. The highest BCUT2D eigenvalue weighted by atomic mass is 32.1. The Labute approximate surface area is 259 Å². The van der Waals surface area contributed by atoms with Crippen LogP contribution in [-0.2, 0) is 5.41 Å². The molecule has 44 heavy (non-hydrogen) atoms. The number of fused-ring (bicyclic) bond motifs is 7. The Kier molecular flexibility index (Phi) is 5.41. The zero-order valence-electron chi connectivity index (χ0n) is 24.4. The lowest BCUT2D eigenvalue weighted by Crippen LogP contribution is -2.15. The topological polar surface area (TPSA) is 38.7 Å². The highest BCUT2D eigenvalue weighted by Crippen LogP contribution is 2.54. The van der Waals surface area contributed by atoms with Gasteiger partial charge in [0.1, 0.15) is 0 Å². The Morgan fingerprint density at radius 2 is 1.14 bits per heavy atom. The summed E-state index contributed by atoms with van der Waals surface area (Å²) < 4.78 is 2.52. The summed E-state index contributed by atoms with van der Waals surface area (Å²) in [6.45, 7) is 4.65. The van der Waals surface area contributed by atoms with Crippen LogP contribution < -0.4 is 0 Å². The van der Waals surface area contributed by atoms with Crippen LogP contribution in [0.3, 0.4) is 0 Å². The fourth-order valence-electron chi connectivity index (χ4n) is 6.94. The third-order valence-corrected chi connectivity index (χ3v) is 10.3. The van der Waals surface area contributed by atoms with E-state index in [1.807, 2.05) is 29.5 Å². The van der Waals surface area contributed by atoms with Gasteiger partial charge in [0.2, 0.25) is 0 Å². The van der Waals surface area contributed by atoms with Crippen molar-refractivity contribution in [3.05, 3.63) is 139 Å². The second kappa shape index (κ2) is 9.40. The zero-order valence-corrected chi connectivity index (χ0v) is 25.2. The maximum absolute atomic E-state index is 5.29. The number of aromatic nitrogens is 3. The Bertz CT molecular complexity index is 2420. The number of hydrogen-bond acceptors (Lipinski definition) is 4. The van der Waals surface area contributed by atoms with Crippen LogP contribution in [0.1, 0.15) is 25.0 Å². The molecular formula is C40H27N3S. The van der Waals surface area contributed by atoms with Crippen LogP contribution in [0, 0.1) is 0 Å². The summed E-state index contributed by atoms with van der Waals surface area (Å²) >= 11 is 1.81. The van der Waals surface area contributed by atoms with Crippen molar-refractivity contribution < 1.29 is 0 Å². The first kappa shape index (κ1) is 25.3. The summed E-state index contributed by atoms with van der Waals surface area (Å²) in [7, 11) is 0. The van der Waals surface area contributed by atoms with E-state index in [0.29, 0.717) is 17.5 Å². The van der Waals surface area contributed by atoms with E-state index in [9.17, 15) is 0 Å². The summed E-state index contributed by atoms with van der Waals surface area (Å²) in [6.07, 6.45) is 0. The number of thiophene rings is 1. The molecule has 0 unspecified atom stereocenters. The molecule has 2 heterocycles. The predicted octanol–water partition coefficient (Wildman–Crippen LogP) is 10.7. The quantitative estimate of drug-likeness (QED) is 0.208. The van der Waals surface area contributed by atoms with Gasteiger partial charge in [0.05, 0.1) is 0 Å². The number of nitrogens with zero attached hydrogens (tertiary/aromatic N) is 3. The molecule has 0 spiro atoms. The summed E-state index contributed by atoms with van der Waals surface area (Å²) in [5.41, 5.74) is 8.00. The largest absolute Gasteiger partial charge is 0.208 e. The number of benzene rings is 6. The van der Waals surface area contributed by atoms with E-state index in [-0.39, 0.29) is 5.41 Å². The molecule has 2 aromatic heterocycles. The van der Waals surface area contributed by atoms with Crippen LogP contribution in [0.4, 0.5) is 0 Å². The van der Waals surface area contributed by atoms with E-state index in [0.717, 1.165) is 22.1 Å². The average molecular weight is 582 g/mol. The zero-order chi connectivity index (χ0) is 29.4. The summed E-state index contributed by atoms with van der Waals surface area (Å²) in [4.78, 5) is 15.6. The Morgan fingerprint density at radius 1 is 0.477 bits per heavy atom. The summed E-state index contributed by atoms with van der Waals surface area (Å²) in [5, 5.41) is 4.89. The van der Waals surface area contributed by atoms with Crippen molar-refractivity contribution in [1.29, 1.82) is 0 Å². The molecule has 0 saturated heterocycles. The Balaban J connectivity index is 1.36. The van der Waals surface area contributed by atoms with E-state index in [1.54, 1.807) is 0 Å². The van der Waals surface area contributed by atoms with Crippen LogP contribution in [0.25, 0.3) is 76.2 Å². The van der Waals surface area contributed by atoms with Crippen molar-refractivity contribution in [1.82, 2.24) is 15.0 Å². The lowest BCUT2D eigenvalue weighted by atomic mass is 9.81. The third-order valence-electron chi connectivity index (χ3n) is 9.12. The van der Waals surface area contributed by atoms with Crippen molar-refractivity contribution in [2.75, 3.05) is 0 Å². The van der Waals surface area contributed by atoms with Crippen molar-refractivity contribution in [2.45, 2.75) is 19.3 Å². The summed E-state index contributed by atoms with van der Waals surface area (Å²) in [5.74, 6) is 2.06. The van der Waals surface area contributed by atoms with Crippen molar-refractivity contribution in [2.24, 2.45) is 0 Å². The molecule has 1 aliphatic carbocycles. The molecule has 208 valence electrons. The average Bonchev–Trinajstić information content (AvgIpc) is 3.55. The highest BCUT2D eigenvalue weighted by molar-refractivity contribution is 7.25. The maximum Gasteiger partial charge on any atom is 0.165 e. The molecule has 0 aliphatic heterocycles. The van der Waals surface area contributed by atoms with Gasteiger partial charge < -0.3 is 0 Å². The molecule has 8 aromatic rings. The van der Waals surface area contributed by atoms with Gasteiger partial charge in [-0.05, 0) is 51.2 Å². The van der Waals surface area contributed by atoms with Gasteiger partial charge in [-0.15, -0.1) is 11.3 Å². The standard InChI is InChI=1S/C40H27N3S/c1-40(2)31-18-10-8-17-30(31)35-32(40)22-25-14-6-7-15-27(25)36(35)39-42-37(24-12-4-3-5-13-24)41-38(43-39)26-20-21-29-28-16-9-11-19-33(28)44-34(29)23-26/h3-23H,1-2H3. The van der Waals surface area contributed by atoms with Crippen LogP contribution in [-0.4, -0.2) is 15.0 Å². The Morgan fingerprint density at radius 3 is 2.00 bits per heavy atom. The van der Waals surface area contributed by atoms with E-state index >= 15 is 0 Å². The second-order valence-electron chi connectivity index (χ2n) is 12.0. The monoisotopic (exact) mass is 581 g/mol. The molecule has 0 N–H and O–H groups in total. The van der Waals surface area contributed by atoms with E-state index in [1.165, 1.54) is 47.8 Å². The second-order valence-corrected chi connectivity index (χ2v) is 13.1. The lowest BCUT2D eigenvalue weighted by Gasteiger charge is -2.22. The van der Waals surface area contributed by atoms with E-state index in [2.05, 4.69) is 123 Å². The van der Waals surface area contributed by atoms with Gasteiger partial charge >= 0.3 is 0 Å². The molecule has 1 aliphatic rings. The predicted molar refractivity (Wildman–Crippen MR) is 184 cm³/mol. The van der Waals surface area contributed by atoms with Gasteiger partial charge in [0.15, 0.2) is 17.5 Å². The normalized spacial score (nSPS) is 13.4. The minimum atomic E-state index is -0.144. The molecule has 4 heteroatoms. The molecule has 6 aromatic carbocycles. The SMILES string of the molecule is CC1(C)c2ccccc2-c2c1cc1ccccc1c2-c1nc(-c2ccccc2)nc(-c2ccc3c(c2)sc2ccccc23)n1. The van der Waals surface area contributed by atoms with Crippen molar-refractivity contribution in [3.8, 4) is 45.3 Å². The minimum Gasteiger partial charge on any atom is -0.208 e. The number of hydrogen-bond donors (Lipinski definition) is 0. The van der Waals surface area contributed by atoms with E-state index < -0.39 is 0 Å². The van der Waals surface area contributed by atoms with Crippen LogP contribution >= 0.6 is 11.3 Å². The fraction of sp³-hybridized carbons (Fsp3) is 0.0750. The molecule has 3 nitrogen and oxygen atoms in total. The lowest BCUT2D eigenvalue weighted by molar-refractivity contribution is 0.661. The van der Waals surface area contributed by atoms with Gasteiger partial charge in [0.25, 0.3) is 0 Å². The van der Waals surface area contributed by atoms with Gasteiger partial charge in [-0.3, -0.25) is 0 Å². The molecule has 9 rings (SSSR count). The minimum absolute atomic E-state index is 0.144. The first-order chi connectivity index (χ1) is 21.6.